The fourth-order valence-corrected chi connectivity index (χ4v) is 3.37. The summed E-state index contributed by atoms with van der Waals surface area (Å²) in [4.78, 5) is 2.49. The molecule has 5 heteroatoms. The van der Waals surface area contributed by atoms with E-state index in [2.05, 4.69) is 32.9 Å². The molecule has 0 radical (unpaired) electrons. The van der Waals surface area contributed by atoms with Gasteiger partial charge in [0.25, 0.3) is 0 Å². The Balaban J connectivity index is 2.00. The molecule has 2 rings (SSSR count). The van der Waals surface area contributed by atoms with Gasteiger partial charge in [-0.2, -0.15) is 5.10 Å². The van der Waals surface area contributed by atoms with E-state index in [4.69, 9.17) is 4.74 Å². The molecule has 0 saturated carbocycles. The lowest BCUT2D eigenvalue weighted by atomic mass is 10.1. The molecule has 1 aliphatic heterocycles. The Hall–Kier alpha value is -0.390. The summed E-state index contributed by atoms with van der Waals surface area (Å²) < 4.78 is 8.43. The lowest BCUT2D eigenvalue weighted by Gasteiger charge is -2.16. The first kappa shape index (κ1) is 14.0. The van der Waals surface area contributed by atoms with E-state index in [0.717, 1.165) is 38.4 Å². The first-order valence-electron chi connectivity index (χ1n) is 6.57. The van der Waals surface area contributed by atoms with Gasteiger partial charge in [0.1, 0.15) is 0 Å². The Morgan fingerprint density at radius 2 is 2.28 bits per heavy atom. The molecular weight excluding hydrogens is 294 g/mol. The van der Waals surface area contributed by atoms with Crippen molar-refractivity contribution in [3.63, 3.8) is 0 Å². The van der Waals surface area contributed by atoms with Crippen molar-refractivity contribution in [1.29, 1.82) is 0 Å². The minimum absolute atomic E-state index is 0.688. The second-order valence-corrected chi connectivity index (χ2v) is 5.82. The van der Waals surface area contributed by atoms with E-state index in [1.165, 1.54) is 16.6 Å². The van der Waals surface area contributed by atoms with E-state index in [1.54, 1.807) is 7.11 Å². The van der Waals surface area contributed by atoms with Gasteiger partial charge in [0.15, 0.2) is 0 Å². The van der Waals surface area contributed by atoms with Crippen LogP contribution in [0.4, 0.5) is 0 Å². The summed E-state index contributed by atoms with van der Waals surface area (Å²) in [6.07, 6.45) is 2.21. The van der Waals surface area contributed by atoms with Crippen LogP contribution in [-0.4, -0.2) is 41.5 Å². The Bertz CT molecular complexity index is 405. The fraction of sp³-hybridized carbons (Fsp3) is 0.769. The van der Waals surface area contributed by atoms with Crippen molar-refractivity contribution in [2.24, 2.45) is 13.0 Å². The number of nitrogens with zero attached hydrogens (tertiary/aromatic N) is 3. The maximum atomic E-state index is 5.24. The zero-order chi connectivity index (χ0) is 13.1. The number of methoxy groups -OCH3 is 1. The average Bonchev–Trinajstić information content (AvgIpc) is 2.89. The molecule has 1 aromatic heterocycles. The van der Waals surface area contributed by atoms with Crippen LogP contribution in [0.15, 0.2) is 4.47 Å². The van der Waals surface area contributed by atoms with Gasteiger partial charge >= 0.3 is 0 Å². The lowest BCUT2D eigenvalue weighted by Crippen LogP contribution is -2.22. The highest BCUT2D eigenvalue weighted by molar-refractivity contribution is 9.10. The molecule has 0 amide bonds. The third-order valence-corrected chi connectivity index (χ3v) is 4.56. The molecule has 0 N–H and O–H groups in total. The van der Waals surface area contributed by atoms with Gasteiger partial charge in [-0.05, 0) is 41.2 Å². The van der Waals surface area contributed by atoms with Crippen LogP contribution in [0.25, 0.3) is 0 Å². The molecule has 0 spiro atoms. The highest BCUT2D eigenvalue weighted by Crippen LogP contribution is 2.25. The molecule has 102 valence electrons. The van der Waals surface area contributed by atoms with Gasteiger partial charge in [-0.3, -0.25) is 9.58 Å². The van der Waals surface area contributed by atoms with Crippen LogP contribution in [0.3, 0.4) is 0 Å². The molecule has 0 bridgehead atoms. The summed E-state index contributed by atoms with van der Waals surface area (Å²) >= 11 is 3.68. The Morgan fingerprint density at radius 1 is 1.50 bits per heavy atom. The molecule has 1 aromatic rings. The van der Waals surface area contributed by atoms with E-state index in [1.807, 2.05) is 11.7 Å². The van der Waals surface area contributed by atoms with Gasteiger partial charge in [0.2, 0.25) is 0 Å². The van der Waals surface area contributed by atoms with E-state index in [9.17, 15) is 0 Å². The Labute approximate surface area is 117 Å². The van der Waals surface area contributed by atoms with Crippen molar-refractivity contribution in [3.8, 4) is 0 Å². The number of ether oxygens (including phenoxy) is 1. The number of aromatic nitrogens is 2. The van der Waals surface area contributed by atoms with Gasteiger partial charge in [-0.1, -0.05) is 6.92 Å². The lowest BCUT2D eigenvalue weighted by molar-refractivity contribution is 0.152. The van der Waals surface area contributed by atoms with Crippen molar-refractivity contribution in [3.05, 3.63) is 15.9 Å². The molecule has 2 heterocycles. The summed E-state index contributed by atoms with van der Waals surface area (Å²) in [7, 11) is 3.82. The monoisotopic (exact) mass is 315 g/mol. The molecule has 1 unspecified atom stereocenters. The first-order chi connectivity index (χ1) is 8.65. The molecular formula is C13H22BrN3O. The van der Waals surface area contributed by atoms with Crippen LogP contribution in [0.1, 0.15) is 24.7 Å². The smallest absolute Gasteiger partial charge is 0.0767 e. The van der Waals surface area contributed by atoms with Gasteiger partial charge in [0.05, 0.1) is 22.5 Å². The highest BCUT2D eigenvalue weighted by Gasteiger charge is 2.24. The quantitative estimate of drug-likeness (QED) is 0.834. The molecule has 18 heavy (non-hydrogen) atoms. The van der Waals surface area contributed by atoms with E-state index >= 15 is 0 Å². The zero-order valence-corrected chi connectivity index (χ0v) is 13.0. The molecule has 1 atom stereocenters. The van der Waals surface area contributed by atoms with Gasteiger partial charge in [-0.15, -0.1) is 0 Å². The Morgan fingerprint density at radius 3 is 2.89 bits per heavy atom. The standard InChI is InChI=1S/C13H22BrN3O/c1-4-11-13(14)12(16(2)15-11)8-17-6-5-10(7-17)9-18-3/h10H,4-9H2,1-3H3. The number of aryl methyl sites for hydroxylation is 2. The molecule has 1 fully saturated rings. The third kappa shape index (κ3) is 2.95. The summed E-state index contributed by atoms with van der Waals surface area (Å²) in [5.41, 5.74) is 2.44. The first-order valence-corrected chi connectivity index (χ1v) is 7.36. The maximum Gasteiger partial charge on any atom is 0.0767 e. The molecule has 4 nitrogen and oxygen atoms in total. The van der Waals surface area contributed by atoms with Gasteiger partial charge < -0.3 is 4.74 Å². The number of halogens is 1. The number of likely N-dealkylation sites (tertiary alicyclic amines) is 1. The average molecular weight is 316 g/mol. The normalized spacial score (nSPS) is 20.8. The summed E-state index contributed by atoms with van der Waals surface area (Å²) in [5.74, 6) is 0.688. The van der Waals surface area contributed by atoms with Crippen LogP contribution in [0.5, 0.6) is 0 Å². The largest absolute Gasteiger partial charge is 0.384 e. The Kier molecular flexibility index (Phi) is 4.81. The minimum Gasteiger partial charge on any atom is -0.384 e. The van der Waals surface area contributed by atoms with Crippen LogP contribution in [-0.2, 0) is 24.8 Å². The topological polar surface area (TPSA) is 30.3 Å². The predicted molar refractivity (Wildman–Crippen MR) is 75.5 cm³/mol. The number of rotatable bonds is 5. The molecule has 0 aliphatic carbocycles. The van der Waals surface area contributed by atoms with Crippen molar-refractivity contribution < 1.29 is 4.74 Å². The maximum absolute atomic E-state index is 5.24. The highest BCUT2D eigenvalue weighted by atomic mass is 79.9. The number of hydrogen-bond donors (Lipinski definition) is 0. The van der Waals surface area contributed by atoms with E-state index in [0.29, 0.717) is 5.92 Å². The predicted octanol–water partition coefficient (Wildman–Crippen LogP) is 2.21. The molecule has 0 aromatic carbocycles. The summed E-state index contributed by atoms with van der Waals surface area (Å²) in [6.45, 7) is 6.29. The zero-order valence-electron chi connectivity index (χ0n) is 11.4. The van der Waals surface area contributed by atoms with Crippen molar-refractivity contribution in [2.45, 2.75) is 26.3 Å². The van der Waals surface area contributed by atoms with E-state index < -0.39 is 0 Å². The summed E-state index contributed by atoms with van der Waals surface area (Å²) in [6, 6.07) is 0. The second-order valence-electron chi connectivity index (χ2n) is 5.03. The van der Waals surface area contributed by atoms with Crippen LogP contribution in [0, 0.1) is 5.92 Å². The molecule has 1 aliphatic rings. The van der Waals surface area contributed by atoms with Gasteiger partial charge in [-0.25, -0.2) is 0 Å². The van der Waals surface area contributed by atoms with E-state index in [-0.39, 0.29) is 0 Å². The van der Waals surface area contributed by atoms with Crippen molar-refractivity contribution in [1.82, 2.24) is 14.7 Å². The van der Waals surface area contributed by atoms with Crippen molar-refractivity contribution >= 4 is 15.9 Å². The van der Waals surface area contributed by atoms with Crippen molar-refractivity contribution in [2.75, 3.05) is 26.8 Å². The van der Waals surface area contributed by atoms with Crippen LogP contribution < -0.4 is 0 Å². The fourth-order valence-electron chi connectivity index (χ4n) is 2.63. The summed E-state index contributed by atoms with van der Waals surface area (Å²) in [5, 5.41) is 4.54. The SMILES string of the molecule is CCc1nn(C)c(CN2CCC(COC)C2)c1Br. The second kappa shape index (κ2) is 6.17. The molecule has 1 saturated heterocycles. The third-order valence-electron chi connectivity index (χ3n) is 3.65. The minimum atomic E-state index is 0.688. The van der Waals surface area contributed by atoms with Gasteiger partial charge in [0, 0.05) is 27.2 Å². The van der Waals surface area contributed by atoms with Crippen LogP contribution >= 0.6 is 15.9 Å². The van der Waals surface area contributed by atoms with Crippen LogP contribution in [0.2, 0.25) is 0 Å². The number of hydrogen-bond acceptors (Lipinski definition) is 3.